The van der Waals surface area contributed by atoms with Crippen LogP contribution in [0.2, 0.25) is 0 Å². The number of fused-ring (bicyclic) bond motifs is 1. The Morgan fingerprint density at radius 3 is 2.89 bits per heavy atom. The van der Waals surface area contributed by atoms with Gasteiger partial charge in [0.2, 0.25) is 0 Å². The second kappa shape index (κ2) is 5.63. The number of nitrogens with zero attached hydrogens (tertiary/aromatic N) is 2. The lowest BCUT2D eigenvalue weighted by Gasteiger charge is -2.12. The van der Waals surface area contributed by atoms with Gasteiger partial charge in [-0.25, -0.2) is 9.97 Å². The van der Waals surface area contributed by atoms with Crippen LogP contribution in [0.4, 0.5) is 5.82 Å². The van der Waals surface area contributed by atoms with E-state index in [1.54, 1.807) is 17.7 Å². The first-order valence-electron chi connectivity index (χ1n) is 6.19. The fourth-order valence-corrected chi connectivity index (χ4v) is 2.91. The number of anilines is 1. The van der Waals surface area contributed by atoms with Gasteiger partial charge in [0.25, 0.3) is 0 Å². The summed E-state index contributed by atoms with van der Waals surface area (Å²) >= 11 is 1.71. The van der Waals surface area contributed by atoms with Gasteiger partial charge in [0.15, 0.2) is 0 Å². The first-order chi connectivity index (χ1) is 8.63. The summed E-state index contributed by atoms with van der Waals surface area (Å²) in [5.74, 6) is 1.34. The second-order valence-electron chi connectivity index (χ2n) is 4.68. The molecule has 0 bridgehead atoms. The molecule has 2 aromatic rings. The number of hydrogen-bond donors (Lipinski definition) is 2. The summed E-state index contributed by atoms with van der Waals surface area (Å²) in [6, 6.07) is 0. The number of aryl methyl sites for hydroxylation is 2. The zero-order chi connectivity index (χ0) is 13.1. The zero-order valence-corrected chi connectivity index (χ0v) is 11.8. The van der Waals surface area contributed by atoms with Gasteiger partial charge in [-0.3, -0.25) is 0 Å². The second-order valence-corrected chi connectivity index (χ2v) is 5.89. The summed E-state index contributed by atoms with van der Waals surface area (Å²) < 4.78 is 0. The molecule has 0 aliphatic heterocycles. The lowest BCUT2D eigenvalue weighted by atomic mass is 10.1. The van der Waals surface area contributed by atoms with Crippen LogP contribution in [-0.2, 0) is 0 Å². The Balaban J connectivity index is 2.23. The van der Waals surface area contributed by atoms with Gasteiger partial charge in [0.1, 0.15) is 17.0 Å². The van der Waals surface area contributed by atoms with Crippen molar-refractivity contribution >= 4 is 27.4 Å². The predicted molar refractivity (Wildman–Crippen MR) is 76.2 cm³/mol. The Bertz CT molecular complexity index is 538. The molecule has 0 fully saturated rings. The molecule has 0 saturated carbocycles. The van der Waals surface area contributed by atoms with Crippen LogP contribution in [0.25, 0.3) is 10.2 Å². The van der Waals surface area contributed by atoms with E-state index in [0.29, 0.717) is 5.92 Å². The summed E-state index contributed by atoms with van der Waals surface area (Å²) in [4.78, 5) is 11.0. The van der Waals surface area contributed by atoms with E-state index in [1.165, 1.54) is 10.4 Å². The van der Waals surface area contributed by atoms with E-state index >= 15 is 0 Å². The van der Waals surface area contributed by atoms with Gasteiger partial charge in [-0.05, 0) is 31.7 Å². The minimum absolute atomic E-state index is 0.235. The Morgan fingerprint density at radius 1 is 1.39 bits per heavy atom. The Labute approximate surface area is 111 Å². The van der Waals surface area contributed by atoms with Gasteiger partial charge in [-0.1, -0.05) is 6.92 Å². The lowest BCUT2D eigenvalue weighted by molar-refractivity contribution is 0.266. The van der Waals surface area contributed by atoms with Crippen molar-refractivity contribution in [2.45, 2.75) is 27.2 Å². The van der Waals surface area contributed by atoms with Crippen LogP contribution < -0.4 is 5.32 Å². The minimum Gasteiger partial charge on any atom is -0.396 e. The van der Waals surface area contributed by atoms with Crippen molar-refractivity contribution in [2.24, 2.45) is 5.92 Å². The highest BCUT2D eigenvalue weighted by Crippen LogP contribution is 2.32. The van der Waals surface area contributed by atoms with Gasteiger partial charge < -0.3 is 10.4 Å². The third-order valence-electron chi connectivity index (χ3n) is 3.21. The molecular weight excluding hydrogens is 246 g/mol. The Morgan fingerprint density at radius 2 is 2.17 bits per heavy atom. The maximum absolute atomic E-state index is 8.90. The number of nitrogens with one attached hydrogen (secondary N) is 1. The van der Waals surface area contributed by atoms with E-state index in [0.717, 1.165) is 29.0 Å². The smallest absolute Gasteiger partial charge is 0.138 e. The molecule has 0 radical (unpaired) electrons. The molecule has 5 heteroatoms. The van der Waals surface area contributed by atoms with E-state index < -0.39 is 0 Å². The summed E-state index contributed by atoms with van der Waals surface area (Å²) in [6.07, 6.45) is 2.42. The fourth-order valence-electron chi connectivity index (χ4n) is 1.91. The molecule has 0 aliphatic carbocycles. The van der Waals surface area contributed by atoms with Crippen LogP contribution in [0.15, 0.2) is 6.33 Å². The van der Waals surface area contributed by atoms with Crippen LogP contribution in [0.1, 0.15) is 23.8 Å². The van der Waals surface area contributed by atoms with Gasteiger partial charge in [-0.2, -0.15) is 0 Å². The van der Waals surface area contributed by atoms with E-state index in [2.05, 4.69) is 36.1 Å². The van der Waals surface area contributed by atoms with Crippen molar-refractivity contribution in [2.75, 3.05) is 18.5 Å². The summed E-state index contributed by atoms with van der Waals surface area (Å²) in [5.41, 5.74) is 1.26. The molecule has 2 rings (SSSR count). The molecule has 4 nitrogen and oxygen atoms in total. The Hall–Kier alpha value is -1.20. The molecule has 0 saturated heterocycles. The van der Waals surface area contributed by atoms with Gasteiger partial charge >= 0.3 is 0 Å². The first kappa shape index (κ1) is 13.2. The van der Waals surface area contributed by atoms with Crippen LogP contribution in [-0.4, -0.2) is 28.2 Å². The molecule has 1 atom stereocenters. The molecule has 0 aliphatic rings. The van der Waals surface area contributed by atoms with Crippen molar-refractivity contribution in [3.63, 3.8) is 0 Å². The number of hydrogen-bond acceptors (Lipinski definition) is 5. The summed E-state index contributed by atoms with van der Waals surface area (Å²) in [7, 11) is 0. The average Bonchev–Trinajstić information content (AvgIpc) is 2.64. The van der Waals surface area contributed by atoms with E-state index in [4.69, 9.17) is 5.11 Å². The number of aliphatic hydroxyl groups is 1. The largest absolute Gasteiger partial charge is 0.396 e. The SMILES string of the molecule is Cc1sc2ncnc(NCC(C)CCO)c2c1C. The van der Waals surface area contributed by atoms with E-state index in [9.17, 15) is 0 Å². The van der Waals surface area contributed by atoms with Crippen molar-refractivity contribution in [3.8, 4) is 0 Å². The van der Waals surface area contributed by atoms with Crippen LogP contribution >= 0.6 is 11.3 Å². The molecular formula is C13H19N3OS. The van der Waals surface area contributed by atoms with Crippen LogP contribution in [0.5, 0.6) is 0 Å². The standard InChI is InChI=1S/C13H19N3OS/c1-8(4-5-17)6-14-12-11-9(2)10(3)18-13(11)16-7-15-12/h7-8,17H,4-6H2,1-3H3,(H,14,15,16). The first-order valence-corrected chi connectivity index (χ1v) is 7.00. The molecule has 0 amide bonds. The fraction of sp³-hybridized carbons (Fsp3) is 0.538. The molecule has 98 valence electrons. The van der Waals surface area contributed by atoms with Crippen LogP contribution in [0, 0.1) is 19.8 Å². The van der Waals surface area contributed by atoms with Crippen LogP contribution in [0.3, 0.4) is 0 Å². The van der Waals surface area contributed by atoms with Crippen molar-refractivity contribution < 1.29 is 5.11 Å². The third-order valence-corrected chi connectivity index (χ3v) is 4.32. The number of thiophene rings is 1. The molecule has 2 heterocycles. The van der Waals surface area contributed by atoms with Gasteiger partial charge in [-0.15, -0.1) is 11.3 Å². The quantitative estimate of drug-likeness (QED) is 0.872. The highest BCUT2D eigenvalue weighted by atomic mass is 32.1. The normalized spacial score (nSPS) is 12.9. The zero-order valence-electron chi connectivity index (χ0n) is 11.0. The van der Waals surface area contributed by atoms with Crippen molar-refractivity contribution in [3.05, 3.63) is 16.8 Å². The lowest BCUT2D eigenvalue weighted by Crippen LogP contribution is -2.13. The predicted octanol–water partition coefficient (Wildman–Crippen LogP) is 2.74. The van der Waals surface area contributed by atoms with Crippen molar-refractivity contribution in [1.82, 2.24) is 9.97 Å². The van der Waals surface area contributed by atoms with E-state index in [-0.39, 0.29) is 6.61 Å². The average molecular weight is 265 g/mol. The molecule has 1 unspecified atom stereocenters. The highest BCUT2D eigenvalue weighted by molar-refractivity contribution is 7.18. The van der Waals surface area contributed by atoms with Crippen molar-refractivity contribution in [1.29, 1.82) is 0 Å². The topological polar surface area (TPSA) is 58.0 Å². The minimum atomic E-state index is 0.235. The van der Waals surface area contributed by atoms with E-state index in [1.807, 2.05) is 0 Å². The number of rotatable bonds is 5. The van der Waals surface area contributed by atoms with Gasteiger partial charge in [0.05, 0.1) is 5.39 Å². The number of aromatic nitrogens is 2. The highest BCUT2D eigenvalue weighted by Gasteiger charge is 2.12. The van der Waals surface area contributed by atoms with Gasteiger partial charge in [0, 0.05) is 18.0 Å². The summed E-state index contributed by atoms with van der Waals surface area (Å²) in [6.45, 7) is 7.40. The third kappa shape index (κ3) is 2.62. The molecule has 2 aromatic heterocycles. The Kier molecular flexibility index (Phi) is 4.14. The molecule has 0 aromatic carbocycles. The molecule has 2 N–H and O–H groups in total. The molecule has 18 heavy (non-hydrogen) atoms. The molecule has 0 spiro atoms. The maximum Gasteiger partial charge on any atom is 0.138 e. The maximum atomic E-state index is 8.90. The number of aliphatic hydroxyl groups excluding tert-OH is 1. The summed E-state index contributed by atoms with van der Waals surface area (Å²) in [5, 5.41) is 13.4. The monoisotopic (exact) mass is 265 g/mol.